The lowest BCUT2D eigenvalue weighted by Crippen LogP contribution is -2.29. The Kier molecular flexibility index (Phi) is 4.63. The molecule has 2 rings (SSSR count). The average Bonchev–Trinajstić information content (AvgIpc) is 2.83. The summed E-state index contributed by atoms with van der Waals surface area (Å²) in [5.41, 5.74) is 0. The molecular formula is C11H14Br2N2OS. The van der Waals surface area contributed by atoms with Gasteiger partial charge in [-0.15, -0.1) is 11.3 Å². The highest BCUT2D eigenvalue weighted by molar-refractivity contribution is 9.13. The molecule has 1 atom stereocenters. The Morgan fingerprint density at radius 1 is 1.65 bits per heavy atom. The van der Waals surface area contributed by atoms with Crippen LogP contribution in [0.15, 0.2) is 14.3 Å². The molecule has 1 amide bonds. The van der Waals surface area contributed by atoms with E-state index in [1.807, 2.05) is 6.07 Å². The van der Waals surface area contributed by atoms with Crippen LogP contribution in [0.5, 0.6) is 0 Å². The molecule has 1 aromatic heterocycles. The molecule has 6 heteroatoms. The first kappa shape index (κ1) is 13.5. The van der Waals surface area contributed by atoms with Crippen LogP contribution < -0.4 is 5.32 Å². The number of hydrogen-bond donors (Lipinski definition) is 1. The molecule has 17 heavy (non-hydrogen) atoms. The van der Waals surface area contributed by atoms with Crippen LogP contribution in [0, 0.1) is 5.92 Å². The maximum atomic E-state index is 11.9. The number of rotatable bonds is 3. The summed E-state index contributed by atoms with van der Waals surface area (Å²) in [6.07, 6.45) is 1.18. The maximum absolute atomic E-state index is 11.9. The van der Waals surface area contributed by atoms with Crippen LogP contribution in [0.4, 0.5) is 0 Å². The minimum absolute atomic E-state index is 0.0240. The van der Waals surface area contributed by atoms with E-state index in [9.17, 15) is 4.79 Å². The third-order valence-corrected chi connectivity index (χ3v) is 6.16. The third-order valence-electron chi connectivity index (χ3n) is 2.91. The van der Waals surface area contributed by atoms with Crippen molar-refractivity contribution in [3.8, 4) is 0 Å². The van der Waals surface area contributed by atoms with E-state index in [0.29, 0.717) is 5.92 Å². The molecule has 1 unspecified atom stereocenters. The molecule has 1 aromatic rings. The Hall–Kier alpha value is 0.0900. The zero-order valence-electron chi connectivity index (χ0n) is 9.50. The first-order valence-corrected chi connectivity index (χ1v) is 7.88. The Labute approximate surface area is 122 Å². The summed E-state index contributed by atoms with van der Waals surface area (Å²) in [7, 11) is 2.12. The van der Waals surface area contributed by atoms with Crippen molar-refractivity contribution in [3.63, 3.8) is 0 Å². The highest BCUT2D eigenvalue weighted by Gasteiger charge is 2.20. The fourth-order valence-electron chi connectivity index (χ4n) is 1.98. The van der Waals surface area contributed by atoms with Crippen molar-refractivity contribution in [2.24, 2.45) is 5.92 Å². The molecule has 1 N–H and O–H groups in total. The van der Waals surface area contributed by atoms with Crippen molar-refractivity contribution in [3.05, 3.63) is 19.2 Å². The van der Waals surface area contributed by atoms with Crippen molar-refractivity contribution in [1.29, 1.82) is 0 Å². The summed E-state index contributed by atoms with van der Waals surface area (Å²) >= 11 is 8.23. The molecule has 2 heterocycles. The molecule has 94 valence electrons. The SMILES string of the molecule is CN1CCC(CNC(=O)c2cc(Br)c(Br)s2)C1. The van der Waals surface area contributed by atoms with Gasteiger partial charge in [-0.3, -0.25) is 4.79 Å². The van der Waals surface area contributed by atoms with Crippen LogP contribution in [0.2, 0.25) is 0 Å². The van der Waals surface area contributed by atoms with Gasteiger partial charge >= 0.3 is 0 Å². The molecule has 1 aliphatic heterocycles. The van der Waals surface area contributed by atoms with Gasteiger partial charge in [-0.25, -0.2) is 0 Å². The van der Waals surface area contributed by atoms with Gasteiger partial charge in [-0.1, -0.05) is 0 Å². The number of thiophene rings is 1. The molecule has 0 saturated carbocycles. The molecule has 1 aliphatic rings. The van der Waals surface area contributed by atoms with Crippen molar-refractivity contribution in [1.82, 2.24) is 10.2 Å². The van der Waals surface area contributed by atoms with Gasteiger partial charge < -0.3 is 10.2 Å². The zero-order valence-corrected chi connectivity index (χ0v) is 13.5. The van der Waals surface area contributed by atoms with E-state index in [4.69, 9.17) is 0 Å². The number of amides is 1. The minimum Gasteiger partial charge on any atom is -0.351 e. The van der Waals surface area contributed by atoms with Gasteiger partial charge in [0.25, 0.3) is 5.91 Å². The standard InChI is InChI=1S/C11H14Br2N2OS/c1-15-3-2-7(6-15)5-14-11(16)9-4-8(12)10(13)17-9/h4,7H,2-3,5-6H2,1H3,(H,14,16). The van der Waals surface area contributed by atoms with E-state index in [-0.39, 0.29) is 5.91 Å². The van der Waals surface area contributed by atoms with Crippen LogP contribution >= 0.6 is 43.2 Å². The van der Waals surface area contributed by atoms with Gasteiger partial charge in [-0.2, -0.15) is 0 Å². The molecule has 0 aliphatic carbocycles. The van der Waals surface area contributed by atoms with E-state index in [2.05, 4.69) is 49.1 Å². The summed E-state index contributed by atoms with van der Waals surface area (Å²) in [6, 6.07) is 1.85. The predicted molar refractivity (Wildman–Crippen MR) is 77.7 cm³/mol. The van der Waals surface area contributed by atoms with Gasteiger partial charge in [0.15, 0.2) is 0 Å². The fourth-order valence-corrected chi connectivity index (χ4v) is 3.93. The third kappa shape index (κ3) is 3.53. The number of likely N-dealkylation sites (tertiary alicyclic amines) is 1. The summed E-state index contributed by atoms with van der Waals surface area (Å²) in [4.78, 5) is 14.9. The number of halogens is 2. The maximum Gasteiger partial charge on any atom is 0.261 e. The van der Waals surface area contributed by atoms with Crippen molar-refractivity contribution in [2.45, 2.75) is 6.42 Å². The molecule has 0 spiro atoms. The smallest absolute Gasteiger partial charge is 0.261 e. The first-order chi connectivity index (χ1) is 8.06. The molecular weight excluding hydrogens is 368 g/mol. The van der Waals surface area contributed by atoms with Gasteiger partial charge in [0.1, 0.15) is 0 Å². The van der Waals surface area contributed by atoms with Crippen LogP contribution in [0.25, 0.3) is 0 Å². The van der Waals surface area contributed by atoms with Gasteiger partial charge in [0, 0.05) is 17.6 Å². The summed E-state index contributed by atoms with van der Waals surface area (Å²) in [5, 5.41) is 3.01. The van der Waals surface area contributed by atoms with Crippen molar-refractivity contribution >= 4 is 49.1 Å². The molecule has 0 bridgehead atoms. The van der Waals surface area contributed by atoms with Crippen molar-refractivity contribution in [2.75, 3.05) is 26.7 Å². The highest BCUT2D eigenvalue weighted by Crippen LogP contribution is 2.32. The predicted octanol–water partition coefficient (Wildman–Crippen LogP) is 2.95. The number of carbonyl (C=O) groups is 1. The fraction of sp³-hybridized carbons (Fsp3) is 0.545. The monoisotopic (exact) mass is 380 g/mol. The second-order valence-corrected chi connectivity index (χ2v) is 7.58. The Balaban J connectivity index is 1.85. The zero-order chi connectivity index (χ0) is 12.4. The van der Waals surface area contributed by atoms with Crippen molar-refractivity contribution < 1.29 is 4.79 Å². The quantitative estimate of drug-likeness (QED) is 0.872. The lowest BCUT2D eigenvalue weighted by molar-refractivity contribution is 0.0951. The van der Waals surface area contributed by atoms with Gasteiger partial charge in [-0.05, 0) is 63.9 Å². The van der Waals surface area contributed by atoms with Crippen LogP contribution in [-0.2, 0) is 0 Å². The van der Waals surface area contributed by atoms with E-state index in [1.165, 1.54) is 17.8 Å². The second-order valence-electron chi connectivity index (χ2n) is 4.36. The summed E-state index contributed by atoms with van der Waals surface area (Å²) in [5.74, 6) is 0.617. The summed E-state index contributed by atoms with van der Waals surface area (Å²) < 4.78 is 1.90. The van der Waals surface area contributed by atoms with Crippen LogP contribution in [-0.4, -0.2) is 37.5 Å². The minimum atomic E-state index is 0.0240. The van der Waals surface area contributed by atoms with E-state index < -0.39 is 0 Å². The molecule has 0 aromatic carbocycles. The Morgan fingerprint density at radius 3 is 2.94 bits per heavy atom. The highest BCUT2D eigenvalue weighted by atomic mass is 79.9. The number of nitrogens with one attached hydrogen (secondary N) is 1. The van der Waals surface area contributed by atoms with E-state index >= 15 is 0 Å². The van der Waals surface area contributed by atoms with Crippen LogP contribution in [0.1, 0.15) is 16.1 Å². The Morgan fingerprint density at radius 2 is 2.41 bits per heavy atom. The molecule has 1 saturated heterocycles. The number of carbonyl (C=O) groups excluding carboxylic acids is 1. The van der Waals surface area contributed by atoms with Gasteiger partial charge in [0.05, 0.1) is 8.66 Å². The normalized spacial score (nSPS) is 20.8. The average molecular weight is 382 g/mol. The number of nitrogens with zero attached hydrogens (tertiary/aromatic N) is 1. The van der Waals surface area contributed by atoms with E-state index in [1.54, 1.807) is 0 Å². The molecule has 1 fully saturated rings. The molecule has 0 radical (unpaired) electrons. The molecule has 3 nitrogen and oxygen atoms in total. The largest absolute Gasteiger partial charge is 0.351 e. The lowest BCUT2D eigenvalue weighted by atomic mass is 10.1. The lowest BCUT2D eigenvalue weighted by Gasteiger charge is -2.10. The topological polar surface area (TPSA) is 32.3 Å². The number of hydrogen-bond acceptors (Lipinski definition) is 3. The summed E-state index contributed by atoms with van der Waals surface area (Å²) in [6.45, 7) is 2.99. The first-order valence-electron chi connectivity index (χ1n) is 5.48. The van der Waals surface area contributed by atoms with Crippen LogP contribution in [0.3, 0.4) is 0 Å². The Bertz CT molecular complexity index is 402. The second kappa shape index (κ2) is 5.82. The van der Waals surface area contributed by atoms with E-state index in [0.717, 1.165) is 32.8 Å². The van der Waals surface area contributed by atoms with Gasteiger partial charge in [0.2, 0.25) is 0 Å².